The van der Waals surface area contributed by atoms with Crippen molar-refractivity contribution in [3.05, 3.63) is 99.5 Å². The first-order valence-corrected chi connectivity index (χ1v) is 10.4. The zero-order valence-electron chi connectivity index (χ0n) is 18.4. The number of rotatable bonds is 4. The van der Waals surface area contributed by atoms with Gasteiger partial charge in [0.1, 0.15) is 0 Å². The number of carbonyl (C=O) groups is 1. The second kappa shape index (κ2) is 8.56. The number of pyridine rings is 1. The maximum absolute atomic E-state index is 12.7. The Hall–Kier alpha value is -4.10. The lowest BCUT2D eigenvalue weighted by Gasteiger charge is -2.17. The van der Waals surface area contributed by atoms with Crippen LogP contribution in [0.2, 0.25) is 0 Å². The number of aromatic nitrogens is 1. The minimum absolute atomic E-state index is 0.0440. The number of terminal acetylenes is 1. The zero-order chi connectivity index (χ0) is 22.8. The highest BCUT2D eigenvalue weighted by molar-refractivity contribution is 6.04. The van der Waals surface area contributed by atoms with E-state index in [0.29, 0.717) is 11.1 Å². The van der Waals surface area contributed by atoms with Crippen LogP contribution in [-0.4, -0.2) is 10.5 Å². The number of aryl methyl sites for hydroxylation is 3. The Morgan fingerprint density at radius 2 is 1.66 bits per heavy atom. The molecule has 4 rings (SSSR count). The summed E-state index contributed by atoms with van der Waals surface area (Å²) >= 11 is 0. The minimum atomic E-state index is -0.497. The highest BCUT2D eigenvalue weighted by Crippen LogP contribution is 2.34. The largest absolute Gasteiger partial charge is 0.317 e. The van der Waals surface area contributed by atoms with Gasteiger partial charge in [-0.1, -0.05) is 42.5 Å². The van der Waals surface area contributed by atoms with Gasteiger partial charge in [-0.05, 0) is 77.6 Å². The first-order chi connectivity index (χ1) is 15.4. The average molecular weight is 421 g/mol. The summed E-state index contributed by atoms with van der Waals surface area (Å²) in [7, 11) is 1.76. The SMILES string of the molecule is C#CC(=O)Nc1ccc(Cc2c(C)cccc2C)c(-c2cn(C)c(=O)c3ccccc23)c1. The fourth-order valence-corrected chi connectivity index (χ4v) is 4.18. The molecule has 0 fully saturated rings. The predicted molar refractivity (Wildman–Crippen MR) is 131 cm³/mol. The lowest BCUT2D eigenvalue weighted by molar-refractivity contribution is -0.111. The Bertz CT molecular complexity index is 1430. The molecule has 0 atom stereocenters. The molecule has 1 heterocycles. The van der Waals surface area contributed by atoms with E-state index in [2.05, 4.69) is 43.3 Å². The molecule has 4 nitrogen and oxygen atoms in total. The highest BCUT2D eigenvalue weighted by atomic mass is 16.1. The summed E-state index contributed by atoms with van der Waals surface area (Å²) in [5.41, 5.74) is 7.28. The van der Waals surface area contributed by atoms with Crippen LogP contribution in [0.1, 0.15) is 22.3 Å². The summed E-state index contributed by atoms with van der Waals surface area (Å²) in [5.74, 6) is 1.60. The van der Waals surface area contributed by atoms with Gasteiger partial charge in [-0.3, -0.25) is 9.59 Å². The van der Waals surface area contributed by atoms with E-state index >= 15 is 0 Å². The number of benzene rings is 3. The molecule has 0 unspecified atom stereocenters. The maximum atomic E-state index is 12.7. The number of carbonyl (C=O) groups excluding carboxylic acids is 1. The third kappa shape index (κ3) is 3.93. The van der Waals surface area contributed by atoms with Gasteiger partial charge in [-0.25, -0.2) is 0 Å². The molecule has 1 aromatic heterocycles. The van der Waals surface area contributed by atoms with Crippen molar-refractivity contribution in [2.24, 2.45) is 7.05 Å². The summed E-state index contributed by atoms with van der Waals surface area (Å²) in [6, 6.07) is 19.7. The third-order valence-electron chi connectivity index (χ3n) is 5.89. The number of nitrogens with zero attached hydrogens (tertiary/aromatic N) is 1. The van der Waals surface area contributed by atoms with Gasteiger partial charge in [-0.15, -0.1) is 6.42 Å². The molecule has 3 aromatic carbocycles. The molecule has 1 N–H and O–H groups in total. The van der Waals surface area contributed by atoms with Gasteiger partial charge in [0.25, 0.3) is 11.5 Å². The van der Waals surface area contributed by atoms with Crippen molar-refractivity contribution >= 4 is 22.4 Å². The van der Waals surface area contributed by atoms with Crippen molar-refractivity contribution in [1.29, 1.82) is 0 Å². The van der Waals surface area contributed by atoms with Crippen LogP contribution in [0.25, 0.3) is 21.9 Å². The van der Waals surface area contributed by atoms with Crippen LogP contribution in [0, 0.1) is 26.2 Å². The van der Waals surface area contributed by atoms with Gasteiger partial charge < -0.3 is 9.88 Å². The number of hydrogen-bond donors (Lipinski definition) is 1. The maximum Gasteiger partial charge on any atom is 0.300 e. The molecule has 4 aromatic rings. The van der Waals surface area contributed by atoms with Crippen molar-refractivity contribution in [3.8, 4) is 23.5 Å². The van der Waals surface area contributed by atoms with Crippen LogP contribution in [-0.2, 0) is 18.3 Å². The van der Waals surface area contributed by atoms with Crippen molar-refractivity contribution in [1.82, 2.24) is 4.57 Å². The Morgan fingerprint density at radius 1 is 0.969 bits per heavy atom. The van der Waals surface area contributed by atoms with E-state index in [1.165, 1.54) is 16.7 Å². The van der Waals surface area contributed by atoms with Crippen LogP contribution < -0.4 is 10.9 Å². The Morgan fingerprint density at radius 3 is 2.34 bits per heavy atom. The number of amides is 1. The molecule has 0 saturated heterocycles. The summed E-state index contributed by atoms with van der Waals surface area (Å²) in [6.45, 7) is 4.23. The van der Waals surface area contributed by atoms with Crippen LogP contribution >= 0.6 is 0 Å². The van der Waals surface area contributed by atoms with E-state index in [-0.39, 0.29) is 5.56 Å². The molecule has 0 aliphatic heterocycles. The second-order valence-electron chi connectivity index (χ2n) is 8.02. The van der Waals surface area contributed by atoms with Gasteiger partial charge in [0.2, 0.25) is 0 Å². The van der Waals surface area contributed by atoms with E-state index < -0.39 is 5.91 Å². The van der Waals surface area contributed by atoms with E-state index in [1.807, 2.05) is 48.7 Å². The molecule has 158 valence electrons. The minimum Gasteiger partial charge on any atom is -0.317 e. The average Bonchev–Trinajstić information content (AvgIpc) is 2.79. The van der Waals surface area contributed by atoms with Gasteiger partial charge in [0, 0.05) is 29.9 Å². The molecule has 0 saturated carbocycles. The molecular weight excluding hydrogens is 396 g/mol. The van der Waals surface area contributed by atoms with E-state index in [1.54, 1.807) is 11.6 Å². The number of fused-ring (bicyclic) bond motifs is 1. The van der Waals surface area contributed by atoms with Crippen molar-refractivity contribution in [2.45, 2.75) is 20.3 Å². The van der Waals surface area contributed by atoms with Crippen molar-refractivity contribution < 1.29 is 4.79 Å². The molecule has 0 bridgehead atoms. The van der Waals surface area contributed by atoms with Gasteiger partial charge >= 0.3 is 0 Å². The molecule has 0 aliphatic rings. The fraction of sp³-hybridized carbons (Fsp3) is 0.143. The molecule has 4 heteroatoms. The standard InChI is InChI=1S/C28H24N2O2/c1-5-27(31)29-21-14-13-20(15-24-18(2)9-8-10-19(24)3)25(16-21)26-17-30(4)28(32)23-12-7-6-11-22(23)26/h1,6-14,16-17H,15H2,2-4H3,(H,29,31). The fourth-order valence-electron chi connectivity index (χ4n) is 4.18. The van der Waals surface area contributed by atoms with Gasteiger partial charge in [0.05, 0.1) is 0 Å². The Balaban J connectivity index is 1.97. The van der Waals surface area contributed by atoms with Gasteiger partial charge in [0.15, 0.2) is 0 Å². The topological polar surface area (TPSA) is 51.1 Å². The van der Waals surface area contributed by atoms with E-state index in [0.717, 1.165) is 28.5 Å². The summed E-state index contributed by atoms with van der Waals surface area (Å²) < 4.78 is 1.60. The van der Waals surface area contributed by atoms with Crippen LogP contribution in [0.4, 0.5) is 5.69 Å². The Labute approximate surface area is 187 Å². The summed E-state index contributed by atoms with van der Waals surface area (Å²) in [6.07, 6.45) is 7.84. The number of nitrogens with one attached hydrogen (secondary N) is 1. The predicted octanol–water partition coefficient (Wildman–Crippen LogP) is 4.98. The van der Waals surface area contributed by atoms with E-state index in [9.17, 15) is 9.59 Å². The first-order valence-electron chi connectivity index (χ1n) is 10.4. The number of hydrogen-bond acceptors (Lipinski definition) is 2. The van der Waals surface area contributed by atoms with Crippen molar-refractivity contribution in [3.63, 3.8) is 0 Å². The molecule has 0 spiro atoms. The van der Waals surface area contributed by atoms with Crippen molar-refractivity contribution in [2.75, 3.05) is 5.32 Å². The van der Waals surface area contributed by atoms with Crippen LogP contribution in [0.15, 0.2) is 71.7 Å². The van der Waals surface area contributed by atoms with Crippen LogP contribution in [0.5, 0.6) is 0 Å². The lowest BCUT2D eigenvalue weighted by atomic mass is 9.89. The monoisotopic (exact) mass is 420 g/mol. The summed E-state index contributed by atoms with van der Waals surface area (Å²) in [4.78, 5) is 24.5. The molecule has 0 radical (unpaired) electrons. The lowest BCUT2D eigenvalue weighted by Crippen LogP contribution is -2.16. The van der Waals surface area contributed by atoms with E-state index in [4.69, 9.17) is 6.42 Å². The number of anilines is 1. The molecule has 32 heavy (non-hydrogen) atoms. The van der Waals surface area contributed by atoms with Gasteiger partial charge in [-0.2, -0.15) is 0 Å². The molecule has 1 amide bonds. The quantitative estimate of drug-likeness (QED) is 0.473. The Kier molecular flexibility index (Phi) is 5.66. The molecular formula is C28H24N2O2. The first kappa shape index (κ1) is 21.1. The zero-order valence-corrected chi connectivity index (χ0v) is 18.4. The van der Waals surface area contributed by atoms with Crippen LogP contribution in [0.3, 0.4) is 0 Å². The normalized spacial score (nSPS) is 10.7. The smallest absolute Gasteiger partial charge is 0.300 e. The third-order valence-corrected chi connectivity index (χ3v) is 5.89. The summed E-state index contributed by atoms with van der Waals surface area (Å²) in [5, 5.41) is 4.28. The highest BCUT2D eigenvalue weighted by Gasteiger charge is 2.15. The molecule has 0 aliphatic carbocycles. The second-order valence-corrected chi connectivity index (χ2v) is 8.02.